The number of hydrogen-bond donors (Lipinski definition) is 0. The number of benzene rings is 1. The molecule has 0 bridgehead atoms. The fraction of sp³-hybridized carbons (Fsp3) is 0.600. The summed E-state index contributed by atoms with van der Waals surface area (Å²) >= 11 is 3.25. The first kappa shape index (κ1) is 15.2. The van der Waals surface area contributed by atoms with E-state index < -0.39 is 8.80 Å². The Bertz CT molecular complexity index is 473. The molecule has 0 heterocycles. The first-order chi connectivity index (χ1) is 8.81. The second-order valence-corrected chi connectivity index (χ2v) is 11.2. The lowest BCUT2D eigenvalue weighted by Crippen LogP contribution is -2.26. The van der Waals surface area contributed by atoms with Gasteiger partial charge in [-0.15, -0.1) is 0 Å². The maximum atomic E-state index is 13.7. The van der Waals surface area contributed by atoms with Gasteiger partial charge in [0.05, 0.1) is 10.6 Å². The van der Waals surface area contributed by atoms with E-state index in [0.717, 1.165) is 25.0 Å². The predicted molar refractivity (Wildman–Crippen MR) is 84.0 cm³/mol. The van der Waals surface area contributed by atoms with Crippen LogP contribution in [-0.4, -0.2) is 15.4 Å². The van der Waals surface area contributed by atoms with Gasteiger partial charge < -0.3 is 4.74 Å². The molecule has 0 aromatic heterocycles. The van der Waals surface area contributed by atoms with Crippen LogP contribution in [0.15, 0.2) is 16.6 Å². The van der Waals surface area contributed by atoms with Crippen molar-refractivity contribution >= 4 is 24.7 Å². The van der Waals surface area contributed by atoms with Gasteiger partial charge in [-0.2, -0.15) is 0 Å². The highest BCUT2D eigenvalue weighted by molar-refractivity contribution is 9.10. The summed E-state index contributed by atoms with van der Waals surface area (Å²) in [5.74, 6) is -0.188. The molecule has 1 aliphatic carbocycles. The van der Waals surface area contributed by atoms with Crippen molar-refractivity contribution in [3.63, 3.8) is 0 Å². The van der Waals surface area contributed by atoms with Crippen molar-refractivity contribution in [2.45, 2.75) is 50.9 Å². The summed E-state index contributed by atoms with van der Waals surface area (Å²) in [6.07, 6.45) is 2.03. The van der Waals surface area contributed by atoms with Crippen molar-refractivity contribution in [3.05, 3.63) is 33.5 Å². The molecule has 0 saturated heterocycles. The van der Waals surface area contributed by atoms with Gasteiger partial charge in [0.15, 0.2) is 0 Å². The number of rotatable bonds is 4. The first-order valence-electron chi connectivity index (χ1n) is 6.90. The predicted octanol–water partition coefficient (Wildman–Crippen LogP) is 4.86. The minimum Gasteiger partial charge on any atom is -0.373 e. The molecular formula is C15H22BrFOSi. The highest BCUT2D eigenvalue weighted by Gasteiger charge is 2.29. The lowest BCUT2D eigenvalue weighted by Gasteiger charge is -2.29. The highest BCUT2D eigenvalue weighted by atomic mass is 79.9. The molecule has 0 N–H and O–H groups in total. The van der Waals surface area contributed by atoms with E-state index in [-0.39, 0.29) is 17.0 Å². The fourth-order valence-electron chi connectivity index (χ4n) is 2.22. The van der Waals surface area contributed by atoms with E-state index in [1.54, 1.807) is 6.07 Å². The van der Waals surface area contributed by atoms with Crippen LogP contribution in [0.1, 0.15) is 37.5 Å². The van der Waals surface area contributed by atoms with Crippen molar-refractivity contribution in [1.82, 2.24) is 0 Å². The Morgan fingerprint density at radius 2 is 2.11 bits per heavy atom. The van der Waals surface area contributed by atoms with E-state index >= 15 is 0 Å². The zero-order valence-electron chi connectivity index (χ0n) is 12.1. The van der Waals surface area contributed by atoms with Crippen LogP contribution in [0.25, 0.3) is 0 Å². The third-order valence-electron chi connectivity index (χ3n) is 4.42. The number of halogens is 2. The Morgan fingerprint density at radius 3 is 2.74 bits per heavy atom. The Labute approximate surface area is 125 Å². The van der Waals surface area contributed by atoms with Crippen LogP contribution in [0.4, 0.5) is 4.39 Å². The quantitative estimate of drug-likeness (QED) is 0.708. The fourth-order valence-corrected chi connectivity index (χ4v) is 3.04. The minimum atomic E-state index is -0.751. The average molecular weight is 345 g/mol. The molecule has 106 valence electrons. The van der Waals surface area contributed by atoms with Crippen molar-refractivity contribution in [3.8, 4) is 0 Å². The van der Waals surface area contributed by atoms with E-state index in [0.29, 0.717) is 4.47 Å². The largest absolute Gasteiger partial charge is 0.373 e. The van der Waals surface area contributed by atoms with Crippen LogP contribution in [-0.2, 0) is 11.2 Å². The van der Waals surface area contributed by atoms with Crippen LogP contribution < -0.4 is 0 Å². The summed E-state index contributed by atoms with van der Waals surface area (Å²) < 4.78 is 20.3. The summed E-state index contributed by atoms with van der Waals surface area (Å²) in [6.45, 7) is 10.0. The smallest absolute Gasteiger partial charge is 0.137 e. The number of fused-ring (bicyclic) bond motifs is 1. The van der Waals surface area contributed by atoms with E-state index in [2.05, 4.69) is 42.9 Å². The molecule has 19 heavy (non-hydrogen) atoms. The summed E-state index contributed by atoms with van der Waals surface area (Å²) in [4.78, 5) is 0. The van der Waals surface area contributed by atoms with Crippen molar-refractivity contribution in [1.29, 1.82) is 0 Å². The number of aryl methyl sites for hydroxylation is 1. The molecule has 1 aromatic rings. The first-order valence-corrected chi connectivity index (χ1v) is 10.6. The second-order valence-electron chi connectivity index (χ2n) is 6.45. The van der Waals surface area contributed by atoms with Gasteiger partial charge in [-0.05, 0) is 57.1 Å². The molecule has 1 atom stereocenters. The molecule has 4 heteroatoms. The Hall–Kier alpha value is -0.193. The zero-order valence-corrected chi connectivity index (χ0v) is 14.8. The van der Waals surface area contributed by atoms with E-state index in [1.807, 2.05) is 6.07 Å². The minimum absolute atomic E-state index is 0.0737. The van der Waals surface area contributed by atoms with Crippen molar-refractivity contribution in [2.75, 3.05) is 6.61 Å². The summed E-state index contributed by atoms with van der Waals surface area (Å²) in [7, 11) is -0.751. The van der Waals surface area contributed by atoms with Crippen LogP contribution in [0.3, 0.4) is 0 Å². The monoisotopic (exact) mass is 344 g/mol. The molecule has 1 aliphatic rings. The van der Waals surface area contributed by atoms with E-state index in [1.165, 1.54) is 5.56 Å². The lowest BCUT2D eigenvalue weighted by molar-refractivity contribution is 0.0390. The molecule has 1 unspecified atom stereocenters. The van der Waals surface area contributed by atoms with E-state index in [9.17, 15) is 4.39 Å². The van der Waals surface area contributed by atoms with Gasteiger partial charge in [-0.25, -0.2) is 4.39 Å². The molecule has 0 fully saturated rings. The summed E-state index contributed by atoms with van der Waals surface area (Å²) in [6, 6.07) is 3.53. The molecule has 0 radical (unpaired) electrons. The van der Waals surface area contributed by atoms with Gasteiger partial charge >= 0.3 is 0 Å². The molecule has 0 aliphatic heterocycles. The highest BCUT2D eigenvalue weighted by Crippen LogP contribution is 2.39. The van der Waals surface area contributed by atoms with Gasteiger partial charge in [0.1, 0.15) is 5.82 Å². The maximum Gasteiger partial charge on any atom is 0.137 e. The third kappa shape index (κ3) is 3.28. The van der Waals surface area contributed by atoms with Crippen LogP contribution in [0, 0.1) is 5.82 Å². The average Bonchev–Trinajstić information content (AvgIpc) is 2.69. The van der Waals surface area contributed by atoms with Gasteiger partial charge in [0.25, 0.3) is 0 Å². The Kier molecular flexibility index (Phi) is 4.53. The third-order valence-corrected chi connectivity index (χ3v) is 8.32. The Morgan fingerprint density at radius 1 is 1.42 bits per heavy atom. The number of ether oxygens (including phenoxy) is 1. The zero-order chi connectivity index (χ0) is 14.2. The molecular weight excluding hydrogens is 323 g/mol. The van der Waals surface area contributed by atoms with Crippen molar-refractivity contribution < 1.29 is 9.13 Å². The Balaban J connectivity index is 2.09. The summed E-state index contributed by atoms with van der Waals surface area (Å²) in [5, 5.41) is 0.288. The summed E-state index contributed by atoms with van der Waals surface area (Å²) in [5.41, 5.74) is 2.26. The molecule has 2 rings (SSSR count). The molecule has 0 amide bonds. The normalized spacial score (nSPS) is 19.0. The van der Waals surface area contributed by atoms with Gasteiger partial charge in [-0.3, -0.25) is 0 Å². The lowest BCUT2D eigenvalue weighted by atomic mass is 10.1. The van der Waals surface area contributed by atoms with Crippen molar-refractivity contribution in [2.24, 2.45) is 0 Å². The van der Waals surface area contributed by atoms with Gasteiger partial charge in [0, 0.05) is 15.4 Å². The van der Waals surface area contributed by atoms with Gasteiger partial charge in [-0.1, -0.05) is 26.9 Å². The standard InChI is InChI=1S/C15H22BrFOSi/c1-15(2,19(3)4)9-18-14-6-5-10-7-12(16)13(17)8-11(10)14/h7-8,14,19H,5-6,9H2,1-4H3. The van der Waals surface area contributed by atoms with Crippen LogP contribution in [0.2, 0.25) is 18.1 Å². The molecule has 1 nitrogen and oxygen atoms in total. The van der Waals surface area contributed by atoms with Crippen LogP contribution in [0.5, 0.6) is 0 Å². The van der Waals surface area contributed by atoms with E-state index in [4.69, 9.17) is 4.74 Å². The maximum absolute atomic E-state index is 13.7. The van der Waals surface area contributed by atoms with Gasteiger partial charge in [0.2, 0.25) is 0 Å². The number of hydrogen-bond acceptors (Lipinski definition) is 1. The SMILES string of the molecule is C[SiH](C)C(C)(C)COC1CCc2cc(Br)c(F)cc21. The second kappa shape index (κ2) is 5.66. The molecule has 0 spiro atoms. The van der Waals surface area contributed by atoms with Crippen LogP contribution >= 0.6 is 15.9 Å². The topological polar surface area (TPSA) is 9.23 Å². The molecule has 0 saturated carbocycles. The molecule has 1 aromatic carbocycles.